The molecule has 3 rings (SSSR count). The van der Waals surface area contributed by atoms with Crippen LogP contribution >= 0.6 is 11.8 Å². The number of hydrogen-bond donors (Lipinski definition) is 1. The molecule has 122 valence electrons. The third kappa shape index (κ3) is 4.45. The fourth-order valence-electron chi connectivity index (χ4n) is 2.14. The van der Waals surface area contributed by atoms with Crippen molar-refractivity contribution in [2.24, 2.45) is 0 Å². The summed E-state index contributed by atoms with van der Waals surface area (Å²) in [6.45, 7) is 0.606. The molecule has 0 saturated heterocycles. The second-order valence-corrected chi connectivity index (χ2v) is 6.25. The van der Waals surface area contributed by atoms with E-state index in [0.717, 1.165) is 17.2 Å². The molecule has 0 unspecified atom stereocenters. The summed E-state index contributed by atoms with van der Waals surface area (Å²) in [5.74, 6) is 1.60. The molecule has 0 atom stereocenters. The van der Waals surface area contributed by atoms with Gasteiger partial charge in [0.15, 0.2) is 5.69 Å². The number of hydrogen-bond acceptors (Lipinski definition) is 4. The zero-order valence-electron chi connectivity index (χ0n) is 13.1. The second-order valence-electron chi connectivity index (χ2n) is 5.15. The van der Waals surface area contributed by atoms with Crippen molar-refractivity contribution in [1.82, 2.24) is 20.3 Å². The molecule has 24 heavy (non-hydrogen) atoms. The lowest BCUT2D eigenvalue weighted by molar-refractivity contribution is 0.0951. The van der Waals surface area contributed by atoms with E-state index in [0.29, 0.717) is 12.2 Å². The summed E-state index contributed by atoms with van der Waals surface area (Å²) in [6.07, 6.45) is 1.49. The Morgan fingerprint density at radius 1 is 1.04 bits per heavy atom. The minimum atomic E-state index is -0.197. The highest BCUT2D eigenvalue weighted by Gasteiger charge is 2.10. The number of benzene rings is 2. The van der Waals surface area contributed by atoms with E-state index in [4.69, 9.17) is 0 Å². The molecule has 5 nitrogen and oxygen atoms in total. The van der Waals surface area contributed by atoms with Crippen molar-refractivity contribution in [3.05, 3.63) is 78.1 Å². The van der Waals surface area contributed by atoms with Crippen LogP contribution in [0.15, 0.2) is 66.9 Å². The number of aromatic nitrogens is 3. The zero-order chi connectivity index (χ0) is 16.6. The maximum absolute atomic E-state index is 12.1. The molecule has 0 aliphatic rings. The van der Waals surface area contributed by atoms with Crippen LogP contribution < -0.4 is 5.32 Å². The molecule has 0 bridgehead atoms. The van der Waals surface area contributed by atoms with Gasteiger partial charge in [0.1, 0.15) is 0 Å². The van der Waals surface area contributed by atoms with Crippen molar-refractivity contribution in [3.63, 3.8) is 0 Å². The summed E-state index contributed by atoms with van der Waals surface area (Å²) >= 11 is 1.79. The molecule has 0 spiro atoms. The predicted octanol–water partition coefficient (Wildman–Crippen LogP) is 2.93. The SMILES string of the molecule is O=C(NCCSCc1ccccc1)c1cnn(-c2ccccc2)n1. The quantitative estimate of drug-likeness (QED) is 0.673. The van der Waals surface area contributed by atoms with E-state index in [9.17, 15) is 4.79 Å². The first-order chi connectivity index (χ1) is 11.8. The van der Waals surface area contributed by atoms with Gasteiger partial charge < -0.3 is 5.32 Å². The Kier molecular flexibility index (Phi) is 5.63. The molecule has 0 radical (unpaired) electrons. The van der Waals surface area contributed by atoms with E-state index in [2.05, 4.69) is 27.6 Å². The minimum Gasteiger partial charge on any atom is -0.350 e. The van der Waals surface area contributed by atoms with Crippen LogP contribution in [0.2, 0.25) is 0 Å². The van der Waals surface area contributed by atoms with Gasteiger partial charge >= 0.3 is 0 Å². The van der Waals surface area contributed by atoms with Crippen LogP contribution in [0.1, 0.15) is 16.1 Å². The predicted molar refractivity (Wildman–Crippen MR) is 96.3 cm³/mol. The molecule has 1 heterocycles. The molecule has 6 heteroatoms. The first-order valence-corrected chi connectivity index (χ1v) is 8.86. The molecule has 1 aromatic heterocycles. The highest BCUT2D eigenvalue weighted by Crippen LogP contribution is 2.10. The monoisotopic (exact) mass is 338 g/mol. The molecule has 0 aliphatic carbocycles. The van der Waals surface area contributed by atoms with Gasteiger partial charge in [-0.25, -0.2) is 0 Å². The zero-order valence-corrected chi connectivity index (χ0v) is 13.9. The molecular weight excluding hydrogens is 320 g/mol. The van der Waals surface area contributed by atoms with E-state index in [1.807, 2.05) is 48.5 Å². The maximum Gasteiger partial charge on any atom is 0.273 e. The molecule has 2 aromatic carbocycles. The van der Waals surface area contributed by atoms with E-state index in [1.54, 1.807) is 11.8 Å². The smallest absolute Gasteiger partial charge is 0.273 e. The van der Waals surface area contributed by atoms with Crippen molar-refractivity contribution in [1.29, 1.82) is 0 Å². The molecular formula is C18H18N4OS. The summed E-state index contributed by atoms with van der Waals surface area (Å²) < 4.78 is 0. The van der Waals surface area contributed by atoms with Gasteiger partial charge in [-0.3, -0.25) is 4.79 Å². The second kappa shape index (κ2) is 8.31. The van der Waals surface area contributed by atoms with Crippen molar-refractivity contribution < 1.29 is 4.79 Å². The van der Waals surface area contributed by atoms with E-state index in [1.165, 1.54) is 16.6 Å². The number of nitrogens with one attached hydrogen (secondary N) is 1. The lowest BCUT2D eigenvalue weighted by atomic mass is 10.2. The molecule has 0 saturated carbocycles. The highest BCUT2D eigenvalue weighted by molar-refractivity contribution is 7.98. The van der Waals surface area contributed by atoms with Gasteiger partial charge in [0.25, 0.3) is 5.91 Å². The average Bonchev–Trinajstić information content (AvgIpc) is 3.13. The lowest BCUT2D eigenvalue weighted by Gasteiger charge is -2.03. The number of amides is 1. The van der Waals surface area contributed by atoms with Gasteiger partial charge in [-0.2, -0.15) is 21.7 Å². The molecule has 0 fully saturated rings. The number of rotatable bonds is 7. The Morgan fingerprint density at radius 3 is 2.50 bits per heavy atom. The Balaban J connectivity index is 1.43. The normalized spacial score (nSPS) is 10.5. The standard InChI is InChI=1S/C18H18N4OS/c23-18(19-11-12-24-14-15-7-3-1-4-8-15)17-13-20-22(21-17)16-9-5-2-6-10-16/h1-10,13H,11-12,14H2,(H,19,23). The van der Waals surface area contributed by atoms with Crippen molar-refractivity contribution >= 4 is 17.7 Å². The van der Waals surface area contributed by atoms with Gasteiger partial charge in [-0.05, 0) is 17.7 Å². The molecule has 0 aliphatic heterocycles. The number of thioether (sulfide) groups is 1. The summed E-state index contributed by atoms with van der Waals surface area (Å²) in [5.41, 5.74) is 2.45. The third-order valence-electron chi connectivity index (χ3n) is 3.36. The summed E-state index contributed by atoms with van der Waals surface area (Å²) in [7, 11) is 0. The first kappa shape index (κ1) is 16.3. The van der Waals surface area contributed by atoms with Crippen LogP contribution in [-0.4, -0.2) is 33.2 Å². The van der Waals surface area contributed by atoms with Gasteiger partial charge in [0.05, 0.1) is 11.9 Å². The maximum atomic E-state index is 12.1. The Labute approximate surface area is 145 Å². The number of carbonyl (C=O) groups is 1. The van der Waals surface area contributed by atoms with Gasteiger partial charge in [-0.1, -0.05) is 48.5 Å². The highest BCUT2D eigenvalue weighted by atomic mass is 32.2. The van der Waals surface area contributed by atoms with Crippen LogP contribution in [-0.2, 0) is 5.75 Å². The van der Waals surface area contributed by atoms with Crippen LogP contribution in [0.3, 0.4) is 0 Å². The van der Waals surface area contributed by atoms with Crippen LogP contribution in [0, 0.1) is 0 Å². The number of carbonyl (C=O) groups excluding carboxylic acids is 1. The van der Waals surface area contributed by atoms with Crippen LogP contribution in [0.25, 0.3) is 5.69 Å². The van der Waals surface area contributed by atoms with Gasteiger partial charge in [0, 0.05) is 18.1 Å². The fraction of sp³-hybridized carbons (Fsp3) is 0.167. The molecule has 3 aromatic rings. The van der Waals surface area contributed by atoms with Gasteiger partial charge in [0.2, 0.25) is 0 Å². The van der Waals surface area contributed by atoms with E-state index < -0.39 is 0 Å². The number of nitrogens with zero attached hydrogens (tertiary/aromatic N) is 3. The van der Waals surface area contributed by atoms with Gasteiger partial charge in [-0.15, -0.1) is 5.10 Å². The number of para-hydroxylation sites is 1. The lowest BCUT2D eigenvalue weighted by Crippen LogP contribution is -2.26. The Bertz CT molecular complexity index is 774. The summed E-state index contributed by atoms with van der Waals surface area (Å²) in [4.78, 5) is 13.5. The first-order valence-electron chi connectivity index (χ1n) is 7.70. The Hall–Kier alpha value is -2.60. The van der Waals surface area contributed by atoms with E-state index >= 15 is 0 Å². The largest absolute Gasteiger partial charge is 0.350 e. The summed E-state index contributed by atoms with van der Waals surface area (Å²) in [6, 6.07) is 19.8. The average molecular weight is 338 g/mol. The molecule has 1 amide bonds. The van der Waals surface area contributed by atoms with Crippen molar-refractivity contribution in [3.8, 4) is 5.69 Å². The molecule has 1 N–H and O–H groups in total. The minimum absolute atomic E-state index is 0.197. The van der Waals surface area contributed by atoms with E-state index in [-0.39, 0.29) is 5.91 Å². The van der Waals surface area contributed by atoms with Crippen LogP contribution in [0.4, 0.5) is 0 Å². The van der Waals surface area contributed by atoms with Crippen molar-refractivity contribution in [2.45, 2.75) is 5.75 Å². The third-order valence-corrected chi connectivity index (χ3v) is 4.39. The summed E-state index contributed by atoms with van der Waals surface area (Å²) in [5, 5.41) is 11.2. The fourth-order valence-corrected chi connectivity index (χ4v) is 2.96. The Morgan fingerprint density at radius 2 is 1.75 bits per heavy atom. The van der Waals surface area contributed by atoms with Crippen molar-refractivity contribution in [2.75, 3.05) is 12.3 Å². The van der Waals surface area contributed by atoms with Crippen LogP contribution in [0.5, 0.6) is 0 Å². The topological polar surface area (TPSA) is 59.8 Å².